The lowest BCUT2D eigenvalue weighted by atomic mass is 9.89. The summed E-state index contributed by atoms with van der Waals surface area (Å²) in [6.07, 6.45) is 4.82. The van der Waals surface area contributed by atoms with Crippen molar-refractivity contribution >= 4 is 23.2 Å². The number of phenols is 1. The Hall–Kier alpha value is -3.59. The number of aromatic nitrogens is 3. The quantitative estimate of drug-likeness (QED) is 0.321. The summed E-state index contributed by atoms with van der Waals surface area (Å²) in [4.78, 5) is 16.9. The van der Waals surface area contributed by atoms with Crippen molar-refractivity contribution in [3.63, 3.8) is 0 Å². The summed E-state index contributed by atoms with van der Waals surface area (Å²) in [5.41, 5.74) is 10.3. The third-order valence-electron chi connectivity index (χ3n) is 6.46. The number of ether oxygens (including phenoxy) is 1. The average Bonchev–Trinajstić information content (AvgIpc) is 3.22. The highest BCUT2D eigenvalue weighted by Gasteiger charge is 2.26. The van der Waals surface area contributed by atoms with E-state index >= 15 is 0 Å². The van der Waals surface area contributed by atoms with E-state index in [1.54, 1.807) is 6.20 Å². The lowest BCUT2D eigenvalue weighted by Gasteiger charge is -2.31. The monoisotopic (exact) mass is 478 g/mol. The number of rotatable bonds is 8. The van der Waals surface area contributed by atoms with Crippen LogP contribution < -0.4 is 16.4 Å². The molecule has 2 unspecified atom stereocenters. The zero-order chi connectivity index (χ0) is 25.1. The first-order chi connectivity index (χ1) is 16.7. The number of amides is 1. The van der Waals surface area contributed by atoms with Gasteiger partial charge in [-0.2, -0.15) is 5.10 Å². The second kappa shape index (κ2) is 10.4. The average molecular weight is 479 g/mol. The number of aryl methyl sites for hydroxylation is 2. The highest BCUT2D eigenvalue weighted by Crippen LogP contribution is 2.33. The summed E-state index contributed by atoms with van der Waals surface area (Å²) in [6, 6.07) is 7.80. The van der Waals surface area contributed by atoms with Crippen molar-refractivity contribution < 1.29 is 14.6 Å². The maximum absolute atomic E-state index is 12.2. The van der Waals surface area contributed by atoms with Crippen LogP contribution in [0.1, 0.15) is 72.3 Å². The molecule has 0 saturated carbocycles. The standard InChI is InChI=1S/C26H34N6O3/c1-5-18-11-17(8-14(2)23(18)33)12-29-25-22(24(27)34)26(32-31-25)30-20-6-7-21(28-13-20)19-9-15(3)35-16(4)10-19/h6-8,11,13,15-16,19,33H,5,9-10,12H2,1-4H3,(H2,27,34)(H3,29,30,31,32). The highest BCUT2D eigenvalue weighted by molar-refractivity contribution is 6.03. The Bertz CT molecular complexity index is 1180. The molecule has 1 aliphatic heterocycles. The number of primary amides is 1. The molecule has 3 heterocycles. The Kier molecular flexibility index (Phi) is 7.25. The Labute approximate surface area is 205 Å². The number of hydrogen-bond acceptors (Lipinski definition) is 7. The minimum atomic E-state index is -0.602. The number of carbonyl (C=O) groups excluding carboxylic acids is 1. The van der Waals surface area contributed by atoms with Gasteiger partial charge < -0.3 is 26.2 Å². The van der Waals surface area contributed by atoms with Crippen LogP contribution in [0.4, 0.5) is 17.3 Å². The number of nitrogens with two attached hydrogens (primary N) is 1. The number of H-pyrrole nitrogens is 1. The van der Waals surface area contributed by atoms with Crippen LogP contribution in [0.3, 0.4) is 0 Å². The summed E-state index contributed by atoms with van der Waals surface area (Å²) in [6.45, 7) is 8.48. The maximum atomic E-state index is 12.2. The fraction of sp³-hybridized carbons (Fsp3) is 0.423. The first kappa shape index (κ1) is 24.5. The van der Waals surface area contributed by atoms with Crippen molar-refractivity contribution in [3.05, 3.63) is 58.4 Å². The largest absolute Gasteiger partial charge is 0.507 e. The molecular formula is C26H34N6O3. The Balaban J connectivity index is 1.47. The molecular weight excluding hydrogens is 444 g/mol. The smallest absolute Gasteiger partial charge is 0.256 e. The van der Waals surface area contributed by atoms with Crippen molar-refractivity contribution in [1.82, 2.24) is 15.2 Å². The van der Waals surface area contributed by atoms with Crippen LogP contribution in [0, 0.1) is 6.92 Å². The lowest BCUT2D eigenvalue weighted by molar-refractivity contribution is -0.0385. The zero-order valence-electron chi connectivity index (χ0n) is 20.7. The predicted molar refractivity (Wildman–Crippen MR) is 136 cm³/mol. The topological polar surface area (TPSA) is 138 Å². The number of nitrogens with one attached hydrogen (secondary N) is 3. The molecule has 1 aromatic carbocycles. The van der Waals surface area contributed by atoms with E-state index in [9.17, 15) is 9.90 Å². The number of hydrogen-bond donors (Lipinski definition) is 5. The van der Waals surface area contributed by atoms with Gasteiger partial charge in [0.1, 0.15) is 17.1 Å². The van der Waals surface area contributed by atoms with Crippen LogP contribution >= 0.6 is 0 Å². The van der Waals surface area contributed by atoms with Gasteiger partial charge in [0.2, 0.25) is 0 Å². The Morgan fingerprint density at radius 2 is 2.00 bits per heavy atom. The lowest BCUT2D eigenvalue weighted by Crippen LogP contribution is -2.28. The second-order valence-electron chi connectivity index (χ2n) is 9.34. The number of phenolic OH excluding ortho intramolecular Hbond substituents is 1. The van der Waals surface area contributed by atoms with Gasteiger partial charge in [0, 0.05) is 18.2 Å². The van der Waals surface area contributed by atoms with E-state index < -0.39 is 5.91 Å². The summed E-state index contributed by atoms with van der Waals surface area (Å²) in [5.74, 6) is 0.844. The molecule has 0 spiro atoms. The number of pyridine rings is 1. The van der Waals surface area contributed by atoms with Gasteiger partial charge in [-0.1, -0.05) is 19.1 Å². The van der Waals surface area contributed by atoms with Gasteiger partial charge in [-0.25, -0.2) is 0 Å². The molecule has 9 heteroatoms. The van der Waals surface area contributed by atoms with Crippen molar-refractivity contribution in [2.75, 3.05) is 10.6 Å². The molecule has 9 nitrogen and oxygen atoms in total. The maximum Gasteiger partial charge on any atom is 0.256 e. The van der Waals surface area contributed by atoms with Crippen LogP contribution in [0.15, 0.2) is 30.5 Å². The third-order valence-corrected chi connectivity index (χ3v) is 6.46. The number of aromatic hydroxyl groups is 1. The second-order valence-corrected chi connectivity index (χ2v) is 9.34. The van der Waals surface area contributed by atoms with Crippen molar-refractivity contribution in [3.8, 4) is 5.75 Å². The number of anilines is 3. The molecule has 2 aromatic heterocycles. The normalized spacial score (nSPS) is 19.9. The molecule has 0 radical (unpaired) electrons. The highest BCUT2D eigenvalue weighted by atomic mass is 16.5. The minimum absolute atomic E-state index is 0.219. The van der Waals surface area contributed by atoms with Crippen LogP contribution in [-0.2, 0) is 17.7 Å². The molecule has 2 atom stereocenters. The third kappa shape index (κ3) is 5.57. The SMILES string of the molecule is CCc1cc(CNc2n[nH]c(Nc3ccc(C4CC(C)OC(C)C4)nc3)c2C(N)=O)cc(C)c1O. The van der Waals surface area contributed by atoms with E-state index in [2.05, 4.69) is 39.7 Å². The van der Waals surface area contributed by atoms with Gasteiger partial charge in [0.15, 0.2) is 5.82 Å². The molecule has 0 aliphatic carbocycles. The molecule has 35 heavy (non-hydrogen) atoms. The summed E-state index contributed by atoms with van der Waals surface area (Å²) < 4.78 is 5.84. The number of benzene rings is 1. The van der Waals surface area contributed by atoms with Crippen LogP contribution in [-0.4, -0.2) is 38.4 Å². The number of carbonyl (C=O) groups is 1. The van der Waals surface area contributed by atoms with Crippen molar-refractivity contribution in [2.45, 2.75) is 71.6 Å². The Morgan fingerprint density at radius 1 is 1.26 bits per heavy atom. The summed E-state index contributed by atoms with van der Waals surface area (Å²) in [7, 11) is 0. The molecule has 1 aliphatic rings. The van der Waals surface area contributed by atoms with E-state index in [1.165, 1.54) is 0 Å². The molecule has 1 amide bonds. The van der Waals surface area contributed by atoms with Crippen LogP contribution in [0.25, 0.3) is 0 Å². The zero-order valence-corrected chi connectivity index (χ0v) is 20.7. The first-order valence-electron chi connectivity index (χ1n) is 12.1. The van der Waals surface area contributed by atoms with E-state index in [-0.39, 0.29) is 17.8 Å². The molecule has 4 rings (SSSR count). The molecule has 0 bridgehead atoms. The summed E-state index contributed by atoms with van der Waals surface area (Å²) in [5, 5.41) is 23.6. The van der Waals surface area contributed by atoms with Crippen molar-refractivity contribution in [2.24, 2.45) is 5.73 Å². The van der Waals surface area contributed by atoms with E-state index in [4.69, 9.17) is 10.5 Å². The van der Waals surface area contributed by atoms with Gasteiger partial charge in [0.25, 0.3) is 5.91 Å². The Morgan fingerprint density at radius 3 is 2.63 bits per heavy atom. The fourth-order valence-corrected chi connectivity index (χ4v) is 4.80. The van der Waals surface area contributed by atoms with E-state index in [0.29, 0.717) is 29.8 Å². The van der Waals surface area contributed by atoms with E-state index in [1.807, 2.05) is 38.1 Å². The molecule has 6 N–H and O–H groups in total. The molecule has 186 valence electrons. The van der Waals surface area contributed by atoms with Gasteiger partial charge in [-0.05, 0) is 68.9 Å². The van der Waals surface area contributed by atoms with Gasteiger partial charge >= 0.3 is 0 Å². The number of aromatic amines is 1. The van der Waals surface area contributed by atoms with Crippen LogP contribution in [0.5, 0.6) is 5.75 Å². The van der Waals surface area contributed by atoms with Crippen molar-refractivity contribution in [1.29, 1.82) is 0 Å². The molecule has 3 aromatic rings. The molecule has 1 saturated heterocycles. The molecule has 1 fully saturated rings. The van der Waals surface area contributed by atoms with Gasteiger partial charge in [-0.3, -0.25) is 14.9 Å². The fourth-order valence-electron chi connectivity index (χ4n) is 4.80. The van der Waals surface area contributed by atoms with E-state index in [0.717, 1.165) is 47.3 Å². The number of nitrogens with zero attached hydrogens (tertiary/aromatic N) is 2. The summed E-state index contributed by atoms with van der Waals surface area (Å²) >= 11 is 0. The first-order valence-corrected chi connectivity index (χ1v) is 12.1. The van der Waals surface area contributed by atoms with Gasteiger partial charge in [-0.15, -0.1) is 0 Å². The predicted octanol–water partition coefficient (Wildman–Crippen LogP) is 4.51. The minimum Gasteiger partial charge on any atom is -0.507 e. The van der Waals surface area contributed by atoms with Crippen LogP contribution in [0.2, 0.25) is 0 Å². The van der Waals surface area contributed by atoms with Gasteiger partial charge in [0.05, 0.1) is 24.1 Å².